The number of aliphatic carboxylic acids is 1. The smallest absolute Gasteiger partial charge is 0.362 e. The van der Waals surface area contributed by atoms with Crippen LogP contribution in [0.15, 0.2) is 36.5 Å². The van der Waals surface area contributed by atoms with Gasteiger partial charge < -0.3 is 23.8 Å². The first-order valence-electron chi connectivity index (χ1n) is 27.5. The zero-order chi connectivity index (χ0) is 47.7. The van der Waals surface area contributed by atoms with E-state index in [2.05, 4.69) is 50.3 Å². The molecule has 380 valence electrons. The van der Waals surface area contributed by atoms with Gasteiger partial charge in [-0.05, 0) is 70.6 Å². The van der Waals surface area contributed by atoms with Gasteiger partial charge in [-0.1, -0.05) is 204 Å². The normalized spacial score (nSPS) is 13.1. The third-order valence-corrected chi connectivity index (χ3v) is 12.5. The molecule has 2 unspecified atom stereocenters. The summed E-state index contributed by atoms with van der Waals surface area (Å²) in [6, 6.07) is -0.618. The van der Waals surface area contributed by atoms with Gasteiger partial charge in [-0.15, -0.1) is 0 Å². The van der Waals surface area contributed by atoms with Crippen molar-refractivity contribution < 1.29 is 38.2 Å². The van der Waals surface area contributed by atoms with E-state index >= 15 is 0 Å². The van der Waals surface area contributed by atoms with Crippen molar-refractivity contribution in [2.75, 3.05) is 41.0 Å². The molecule has 0 amide bonds. The topological polar surface area (TPSA) is 99.1 Å². The number of unbranched alkanes of at least 4 members (excludes halogenated alkanes) is 30. The molecule has 0 fully saturated rings. The van der Waals surface area contributed by atoms with Gasteiger partial charge in [0, 0.05) is 19.3 Å². The van der Waals surface area contributed by atoms with Gasteiger partial charge in [0.1, 0.15) is 6.61 Å². The fourth-order valence-electron chi connectivity index (χ4n) is 8.24. The number of carbonyl (C=O) groups is 3. The Labute approximate surface area is 402 Å². The minimum atomic E-state index is -0.875. The minimum absolute atomic E-state index is 0.0566. The zero-order valence-electron chi connectivity index (χ0n) is 43.5. The van der Waals surface area contributed by atoms with E-state index in [4.69, 9.17) is 14.2 Å². The Morgan fingerprint density at radius 3 is 1.20 bits per heavy atom. The zero-order valence-corrected chi connectivity index (χ0v) is 43.5. The summed E-state index contributed by atoms with van der Waals surface area (Å²) in [6.07, 6.45) is 57.7. The van der Waals surface area contributed by atoms with Gasteiger partial charge in [-0.25, -0.2) is 4.79 Å². The van der Waals surface area contributed by atoms with Gasteiger partial charge >= 0.3 is 17.9 Å². The van der Waals surface area contributed by atoms with Crippen LogP contribution in [0.1, 0.15) is 258 Å². The molecule has 2 atom stereocenters. The summed E-state index contributed by atoms with van der Waals surface area (Å²) in [4.78, 5) is 37.2. The predicted octanol–water partition coefficient (Wildman–Crippen LogP) is 16.1. The van der Waals surface area contributed by atoms with E-state index in [0.29, 0.717) is 19.3 Å². The van der Waals surface area contributed by atoms with Gasteiger partial charge in [0.2, 0.25) is 0 Å². The summed E-state index contributed by atoms with van der Waals surface area (Å²) in [6.45, 7) is 4.76. The molecule has 0 saturated heterocycles. The van der Waals surface area contributed by atoms with Crippen molar-refractivity contribution in [2.24, 2.45) is 0 Å². The summed E-state index contributed by atoms with van der Waals surface area (Å²) in [5, 5.41) is 9.66. The van der Waals surface area contributed by atoms with Crippen molar-refractivity contribution in [3.8, 4) is 0 Å². The highest BCUT2D eigenvalue weighted by Gasteiger charge is 2.31. The maximum atomic E-state index is 12.8. The number of carbonyl (C=O) groups excluding carboxylic acids is 2. The van der Waals surface area contributed by atoms with Crippen LogP contribution >= 0.6 is 0 Å². The van der Waals surface area contributed by atoms with E-state index in [1.165, 1.54) is 167 Å². The van der Waals surface area contributed by atoms with Crippen molar-refractivity contribution in [1.82, 2.24) is 0 Å². The number of carboxylic acid groups (broad SMARTS) is 1. The van der Waals surface area contributed by atoms with Crippen LogP contribution in [0.5, 0.6) is 0 Å². The summed E-state index contributed by atoms with van der Waals surface area (Å²) in [7, 11) is 5.54. The first-order chi connectivity index (χ1) is 31.6. The number of carboxylic acids is 1. The summed E-state index contributed by atoms with van der Waals surface area (Å²) >= 11 is 0. The fourth-order valence-corrected chi connectivity index (χ4v) is 8.24. The van der Waals surface area contributed by atoms with Crippen LogP contribution in [0.25, 0.3) is 0 Å². The van der Waals surface area contributed by atoms with Crippen molar-refractivity contribution in [2.45, 2.75) is 270 Å². The molecule has 1 N–H and O–H groups in total. The Hall–Kier alpha value is -2.45. The third-order valence-electron chi connectivity index (χ3n) is 12.5. The van der Waals surface area contributed by atoms with Crippen LogP contribution in [-0.4, -0.2) is 80.6 Å². The van der Waals surface area contributed by atoms with Crippen molar-refractivity contribution >= 4 is 17.9 Å². The number of quaternary nitrogens is 1. The third kappa shape index (κ3) is 46.4. The predicted molar refractivity (Wildman–Crippen MR) is 275 cm³/mol. The molecule has 0 saturated carbocycles. The van der Waals surface area contributed by atoms with Crippen LogP contribution in [0.4, 0.5) is 0 Å². The quantitative estimate of drug-likeness (QED) is 0.0281. The molecule has 8 nitrogen and oxygen atoms in total. The largest absolute Gasteiger partial charge is 0.477 e. The lowest BCUT2D eigenvalue weighted by molar-refractivity contribution is -0.887. The molecule has 0 aliphatic rings. The standard InChI is InChI=1S/C57H105NO7/c1-6-8-10-12-14-16-18-20-22-24-26-27-28-29-30-32-34-36-38-40-42-44-46-48-56(60)65-53(51-63-50-49-54(57(61)62)58(3,4)5)52-64-55(59)47-45-43-41-39-37-35-33-31-25-23-21-19-17-15-13-11-9-7-2/h26-27,29-31,33,53-54H,6-25,28,32,34-52H2,1-5H3/p+1/b27-26+,30-29+,33-31+. The average molecular weight is 917 g/mol. The number of rotatable bonds is 50. The van der Waals surface area contributed by atoms with E-state index in [9.17, 15) is 19.5 Å². The number of likely N-dealkylation sites (N-methyl/N-ethyl adjacent to an activating group) is 1. The number of allylic oxidation sites excluding steroid dienone is 6. The Bertz CT molecular complexity index is 1160. The molecule has 0 bridgehead atoms. The fraction of sp³-hybridized carbons (Fsp3) is 0.842. The van der Waals surface area contributed by atoms with Gasteiger partial charge in [-0.3, -0.25) is 9.59 Å². The Kier molecular flexibility index (Phi) is 46.2. The number of nitrogens with zero attached hydrogens (tertiary/aromatic N) is 1. The highest BCUT2D eigenvalue weighted by molar-refractivity contribution is 5.72. The Balaban J connectivity index is 4.22. The molecule has 0 aliphatic carbocycles. The molecule has 65 heavy (non-hydrogen) atoms. The SMILES string of the molecule is CCCCCCCCCCC/C=C/C/C=C/CCCCCCCCCC(=O)OC(COCCC(C(=O)O)[N+](C)(C)C)COC(=O)CCCCCCC/C=C/CCCCCCCCCCC. The van der Waals surface area contributed by atoms with E-state index in [0.717, 1.165) is 57.8 Å². The Morgan fingerprint density at radius 2 is 0.815 bits per heavy atom. The summed E-state index contributed by atoms with van der Waals surface area (Å²) in [5.74, 6) is -1.47. The monoisotopic (exact) mass is 917 g/mol. The molecule has 0 aromatic heterocycles. The molecule has 0 rings (SSSR count). The van der Waals surface area contributed by atoms with Gasteiger partial charge in [0.15, 0.2) is 12.1 Å². The second-order valence-corrected chi connectivity index (χ2v) is 19.8. The molecule has 0 heterocycles. The summed E-state index contributed by atoms with van der Waals surface area (Å²) in [5.41, 5.74) is 0. The lowest BCUT2D eigenvalue weighted by atomic mass is 10.1. The first kappa shape index (κ1) is 62.5. The molecule has 0 aromatic rings. The van der Waals surface area contributed by atoms with E-state index < -0.39 is 18.1 Å². The molecule has 0 radical (unpaired) electrons. The maximum Gasteiger partial charge on any atom is 0.362 e. The number of hydrogen-bond acceptors (Lipinski definition) is 6. The summed E-state index contributed by atoms with van der Waals surface area (Å²) < 4.78 is 17.4. The van der Waals surface area contributed by atoms with Gasteiger partial charge in [0.25, 0.3) is 0 Å². The molecule has 0 aliphatic heterocycles. The average Bonchev–Trinajstić information content (AvgIpc) is 3.27. The number of hydrogen-bond donors (Lipinski definition) is 1. The Morgan fingerprint density at radius 1 is 0.462 bits per heavy atom. The number of ether oxygens (including phenoxy) is 3. The maximum absolute atomic E-state index is 12.8. The van der Waals surface area contributed by atoms with Crippen LogP contribution in [-0.2, 0) is 28.6 Å². The molecule has 0 spiro atoms. The minimum Gasteiger partial charge on any atom is -0.477 e. The van der Waals surface area contributed by atoms with Crippen molar-refractivity contribution in [3.05, 3.63) is 36.5 Å². The molecular weight excluding hydrogens is 811 g/mol. The van der Waals surface area contributed by atoms with Crippen LogP contribution in [0.2, 0.25) is 0 Å². The first-order valence-corrected chi connectivity index (χ1v) is 27.5. The lowest BCUT2D eigenvalue weighted by Crippen LogP contribution is -2.50. The number of esters is 2. The lowest BCUT2D eigenvalue weighted by Gasteiger charge is -2.31. The van der Waals surface area contributed by atoms with E-state index in [1.807, 2.05) is 21.1 Å². The van der Waals surface area contributed by atoms with Crippen molar-refractivity contribution in [3.63, 3.8) is 0 Å². The van der Waals surface area contributed by atoms with Gasteiger partial charge in [0.05, 0.1) is 34.4 Å². The second kappa shape index (κ2) is 48.0. The van der Waals surface area contributed by atoms with Crippen LogP contribution in [0.3, 0.4) is 0 Å². The van der Waals surface area contributed by atoms with Gasteiger partial charge in [-0.2, -0.15) is 0 Å². The van der Waals surface area contributed by atoms with E-state index in [1.54, 1.807) is 0 Å². The van der Waals surface area contributed by atoms with E-state index in [-0.39, 0.29) is 36.2 Å². The second-order valence-electron chi connectivity index (χ2n) is 19.8. The van der Waals surface area contributed by atoms with Crippen LogP contribution < -0.4 is 0 Å². The molecule has 0 aromatic carbocycles. The van der Waals surface area contributed by atoms with Crippen molar-refractivity contribution in [1.29, 1.82) is 0 Å². The molecule has 8 heteroatoms. The highest BCUT2D eigenvalue weighted by atomic mass is 16.6. The van der Waals surface area contributed by atoms with Crippen LogP contribution in [0, 0.1) is 0 Å². The highest BCUT2D eigenvalue weighted by Crippen LogP contribution is 2.15. The molecular formula is C57H106NO7+.